The van der Waals surface area contributed by atoms with Crippen LogP contribution < -0.4 is 20.7 Å². The zero-order valence-corrected chi connectivity index (χ0v) is 27.3. The minimum Gasteiger partial charge on any atom is -0.454 e. The lowest BCUT2D eigenvalue weighted by Gasteiger charge is -2.30. The van der Waals surface area contributed by atoms with Crippen molar-refractivity contribution in [2.45, 2.75) is 76.5 Å². The van der Waals surface area contributed by atoms with E-state index in [1.54, 1.807) is 29.2 Å². The molecule has 0 aromatic heterocycles. The molecule has 1 saturated heterocycles. The van der Waals surface area contributed by atoms with Gasteiger partial charge < -0.3 is 30.7 Å². The average Bonchev–Trinajstić information content (AvgIpc) is 3.55. The molecule has 0 unspecified atom stereocenters. The Morgan fingerprint density at radius 1 is 0.938 bits per heavy atom. The number of amides is 4. The van der Waals surface area contributed by atoms with Crippen molar-refractivity contribution in [3.8, 4) is 11.5 Å². The van der Waals surface area contributed by atoms with E-state index in [4.69, 9.17) is 4.74 Å². The fourth-order valence-electron chi connectivity index (χ4n) is 6.25. The predicted molar refractivity (Wildman–Crippen MR) is 178 cm³/mol. The highest BCUT2D eigenvalue weighted by molar-refractivity contribution is 5.94. The summed E-state index contributed by atoms with van der Waals surface area (Å²) in [5.41, 5.74) is 2.01. The van der Waals surface area contributed by atoms with Crippen molar-refractivity contribution in [3.63, 3.8) is 0 Å². The maximum Gasteiger partial charge on any atom is 0.245 e. The highest BCUT2D eigenvalue weighted by atomic mass is 19.1. The van der Waals surface area contributed by atoms with Gasteiger partial charge in [-0.2, -0.15) is 0 Å². The molecule has 1 fully saturated rings. The lowest BCUT2D eigenvalue weighted by atomic mass is 9.99. The minimum absolute atomic E-state index is 0.0107. The molecule has 3 aromatic rings. The van der Waals surface area contributed by atoms with Crippen molar-refractivity contribution < 1.29 is 33.4 Å². The van der Waals surface area contributed by atoms with E-state index in [-0.39, 0.29) is 55.9 Å². The number of carbonyl (C=O) groups excluding carboxylic acids is 4. The molecule has 4 amide bonds. The zero-order chi connectivity index (χ0) is 34.2. The summed E-state index contributed by atoms with van der Waals surface area (Å²) >= 11 is 0. The van der Waals surface area contributed by atoms with Gasteiger partial charge in [0.2, 0.25) is 23.6 Å². The number of halogens is 1. The first-order valence-electron chi connectivity index (χ1n) is 16.5. The highest BCUT2D eigenvalue weighted by Gasteiger charge is 2.36. The average molecular weight is 659 g/mol. The van der Waals surface area contributed by atoms with Gasteiger partial charge >= 0.3 is 0 Å². The van der Waals surface area contributed by atoms with Crippen LogP contribution in [0.4, 0.5) is 4.39 Å². The van der Waals surface area contributed by atoms with E-state index in [0.717, 1.165) is 17.5 Å². The number of ether oxygens (including phenoxy) is 1. The number of nitrogens with zero attached hydrogens (tertiary/aromatic N) is 1. The molecule has 6 rings (SSSR count). The van der Waals surface area contributed by atoms with Gasteiger partial charge in [0.15, 0.2) is 11.6 Å². The molecule has 254 valence electrons. The van der Waals surface area contributed by atoms with Gasteiger partial charge in [-0.05, 0) is 66.1 Å². The fraction of sp³-hybridized carbons (Fsp3) is 0.405. The number of benzene rings is 3. The number of hydrogen-bond acceptors (Lipinski definition) is 6. The van der Waals surface area contributed by atoms with Crippen molar-refractivity contribution in [1.29, 1.82) is 0 Å². The van der Waals surface area contributed by atoms with E-state index in [1.807, 2.05) is 44.2 Å². The van der Waals surface area contributed by atoms with E-state index < -0.39 is 41.7 Å². The van der Waals surface area contributed by atoms with Crippen LogP contribution in [0.15, 0.2) is 72.8 Å². The van der Waals surface area contributed by atoms with Crippen LogP contribution in [-0.2, 0) is 38.4 Å². The van der Waals surface area contributed by atoms with Gasteiger partial charge in [0.25, 0.3) is 0 Å². The molecule has 10 nitrogen and oxygen atoms in total. The quantitative estimate of drug-likeness (QED) is 0.300. The number of carbonyl (C=O) groups is 4. The summed E-state index contributed by atoms with van der Waals surface area (Å²) in [6.45, 7) is 4.13. The molecule has 0 saturated carbocycles. The number of aliphatic hydroxyl groups is 1. The Hall–Kier alpha value is -4.77. The molecule has 0 spiro atoms. The van der Waals surface area contributed by atoms with Crippen molar-refractivity contribution in [2.75, 3.05) is 13.2 Å². The molecular weight excluding hydrogens is 615 g/mol. The third kappa shape index (κ3) is 8.97. The molecule has 48 heavy (non-hydrogen) atoms. The molecule has 0 aliphatic carbocycles. The summed E-state index contributed by atoms with van der Waals surface area (Å²) < 4.78 is 20.6. The van der Waals surface area contributed by atoms with Gasteiger partial charge in [-0.15, -0.1) is 0 Å². The number of hydrogen-bond donors (Lipinski definition) is 4. The van der Waals surface area contributed by atoms with Crippen molar-refractivity contribution in [3.05, 3.63) is 95.3 Å². The predicted octanol–water partition coefficient (Wildman–Crippen LogP) is 3.44. The smallest absolute Gasteiger partial charge is 0.245 e. The molecule has 4 N–H and O–H groups in total. The van der Waals surface area contributed by atoms with Gasteiger partial charge in [-0.1, -0.05) is 62.4 Å². The molecule has 3 aliphatic rings. The Bertz CT molecular complexity index is 1600. The Balaban J connectivity index is 1.51. The number of nitrogens with one attached hydrogen (secondary N) is 3. The first-order chi connectivity index (χ1) is 23.1. The molecule has 4 bridgehead atoms. The Kier molecular flexibility index (Phi) is 11.4. The third-order valence-electron chi connectivity index (χ3n) is 8.71. The molecule has 3 aromatic carbocycles. The summed E-state index contributed by atoms with van der Waals surface area (Å²) in [6, 6.07) is 16.8. The Morgan fingerprint density at radius 3 is 2.35 bits per heavy atom. The van der Waals surface area contributed by atoms with Crippen molar-refractivity contribution >= 4 is 23.6 Å². The second-order valence-corrected chi connectivity index (χ2v) is 13.0. The standard InChI is InChI=1S/C37H43FN4O6/c1-23(2)17-30-35(45)41-32(37(47)42-16-6-9-27(42)22-43)19-25-10-13-28(14-11-25)48-33-20-26(12-15-29(33)38)21-34(44)39-31(36(46)40-30)18-24-7-4-3-5-8-24/h3-5,7-8,10-15,20,23,27,30-32,43H,6,9,16-19,21-22H2,1-2H3,(H,39,44)(H,40,46)(H,41,45)/t27-,30+,31-,32+/m1/s1. The van der Waals surface area contributed by atoms with Crippen LogP contribution >= 0.6 is 0 Å². The van der Waals surface area contributed by atoms with Gasteiger partial charge in [0.05, 0.1) is 19.1 Å². The van der Waals surface area contributed by atoms with E-state index in [2.05, 4.69) is 16.0 Å². The molecule has 3 aliphatic heterocycles. The van der Waals surface area contributed by atoms with Crippen molar-refractivity contribution in [1.82, 2.24) is 20.9 Å². The Morgan fingerprint density at radius 2 is 1.65 bits per heavy atom. The van der Waals surface area contributed by atoms with Crippen LogP contribution in [-0.4, -0.2) is 71.0 Å². The van der Waals surface area contributed by atoms with Gasteiger partial charge in [0.1, 0.15) is 23.9 Å². The molecule has 3 heterocycles. The number of likely N-dealkylation sites (tertiary alicyclic amines) is 1. The summed E-state index contributed by atoms with van der Waals surface area (Å²) in [7, 11) is 0. The molecule has 11 heteroatoms. The lowest BCUT2D eigenvalue weighted by molar-refractivity contribution is -0.139. The number of aliphatic hydroxyl groups excluding tert-OH is 1. The SMILES string of the molecule is CC(C)C[C@@H]1NC(=O)[C@@H](Cc2ccccc2)NC(=O)Cc2ccc(F)c(c2)Oc2ccc(cc2)C[C@@H](C(=O)N2CCC[C@@H]2CO)NC1=O. The fourth-order valence-corrected chi connectivity index (χ4v) is 6.25. The van der Waals surface area contributed by atoms with Crippen molar-refractivity contribution in [2.24, 2.45) is 5.92 Å². The first-order valence-corrected chi connectivity index (χ1v) is 16.5. The minimum atomic E-state index is -1.02. The molecular formula is C37H43FN4O6. The second-order valence-electron chi connectivity index (χ2n) is 13.0. The molecule has 0 radical (unpaired) electrons. The van der Waals surface area contributed by atoms with Crippen LogP contribution in [0.1, 0.15) is 49.8 Å². The van der Waals surface area contributed by atoms with Crippen LogP contribution in [0.25, 0.3) is 0 Å². The van der Waals surface area contributed by atoms with E-state index >= 15 is 0 Å². The number of rotatable bonds is 6. The van der Waals surface area contributed by atoms with Gasteiger partial charge in [-0.3, -0.25) is 19.2 Å². The van der Waals surface area contributed by atoms with Crippen LogP contribution in [0.2, 0.25) is 0 Å². The van der Waals surface area contributed by atoms with Crippen LogP contribution in [0.5, 0.6) is 11.5 Å². The Labute approximate surface area is 280 Å². The van der Waals surface area contributed by atoms with E-state index in [9.17, 15) is 28.7 Å². The largest absolute Gasteiger partial charge is 0.454 e. The maximum absolute atomic E-state index is 14.8. The summed E-state index contributed by atoms with van der Waals surface area (Å²) in [5.74, 6) is -2.18. The monoisotopic (exact) mass is 658 g/mol. The van der Waals surface area contributed by atoms with Gasteiger partial charge in [0, 0.05) is 19.4 Å². The highest BCUT2D eigenvalue weighted by Crippen LogP contribution is 2.27. The normalized spacial score (nSPS) is 22.2. The first kappa shape index (κ1) is 34.6. The molecule has 4 atom stereocenters. The summed E-state index contributed by atoms with van der Waals surface area (Å²) in [6.07, 6.45) is 1.85. The van der Waals surface area contributed by atoms with Crippen LogP contribution in [0.3, 0.4) is 0 Å². The van der Waals surface area contributed by atoms with E-state index in [0.29, 0.717) is 24.3 Å². The summed E-state index contributed by atoms with van der Waals surface area (Å²) in [5, 5.41) is 18.5. The number of fused-ring (bicyclic) bond motifs is 12. The van der Waals surface area contributed by atoms with E-state index in [1.165, 1.54) is 18.2 Å². The summed E-state index contributed by atoms with van der Waals surface area (Å²) in [4.78, 5) is 56.6. The second kappa shape index (κ2) is 15.9. The van der Waals surface area contributed by atoms with Crippen LogP contribution in [0, 0.1) is 11.7 Å². The van der Waals surface area contributed by atoms with Gasteiger partial charge in [-0.25, -0.2) is 4.39 Å². The topological polar surface area (TPSA) is 137 Å². The maximum atomic E-state index is 14.8. The zero-order valence-electron chi connectivity index (χ0n) is 27.3. The third-order valence-corrected chi connectivity index (χ3v) is 8.71. The lowest BCUT2D eigenvalue weighted by Crippen LogP contribution is -2.58.